The lowest BCUT2D eigenvalue weighted by molar-refractivity contribution is 0.0570. The van der Waals surface area contributed by atoms with Gasteiger partial charge in [0.15, 0.2) is 0 Å². The van der Waals surface area contributed by atoms with Crippen molar-refractivity contribution in [1.82, 2.24) is 4.90 Å². The van der Waals surface area contributed by atoms with E-state index in [0.717, 1.165) is 4.90 Å². The van der Waals surface area contributed by atoms with Gasteiger partial charge >= 0.3 is 0 Å². The third-order valence-corrected chi connectivity index (χ3v) is 2.74. The zero-order valence-corrected chi connectivity index (χ0v) is 10.2. The first-order chi connectivity index (χ1) is 9.25. The summed E-state index contributed by atoms with van der Waals surface area (Å²) < 4.78 is 5.18. The van der Waals surface area contributed by atoms with E-state index < -0.39 is 0 Å². The van der Waals surface area contributed by atoms with E-state index in [-0.39, 0.29) is 38.1 Å². The molecule has 0 aliphatic carbocycles. The van der Waals surface area contributed by atoms with Crippen molar-refractivity contribution >= 4 is 11.8 Å². The molecule has 1 aromatic carbocycles. The van der Waals surface area contributed by atoms with Crippen molar-refractivity contribution < 1.29 is 14.3 Å². The first-order valence-electron chi connectivity index (χ1n) is 5.79. The molecule has 0 atom stereocenters. The number of ether oxygens (including phenoxy) is 1. The molecule has 1 aliphatic rings. The predicted molar refractivity (Wildman–Crippen MR) is 66.6 cm³/mol. The average Bonchev–Trinajstić information content (AvgIpc) is 2.68. The molecule has 0 unspecified atom stereocenters. The molecule has 1 aromatic rings. The standard InChI is InChI=1S/C12H12N4O3/c13-15-14-5-7-19-8-6-16-11(17)9-3-1-2-4-10(9)12(16)18/h1-4H,5-8H2. The maximum Gasteiger partial charge on any atom is 0.261 e. The molecule has 19 heavy (non-hydrogen) atoms. The Balaban J connectivity index is 1.88. The van der Waals surface area contributed by atoms with E-state index in [4.69, 9.17) is 10.3 Å². The Kier molecular flexibility index (Phi) is 4.12. The molecule has 0 radical (unpaired) electrons. The van der Waals surface area contributed by atoms with Crippen molar-refractivity contribution in [2.45, 2.75) is 0 Å². The van der Waals surface area contributed by atoms with Gasteiger partial charge in [-0.05, 0) is 17.7 Å². The Morgan fingerprint density at radius 3 is 2.37 bits per heavy atom. The fraction of sp³-hybridized carbons (Fsp3) is 0.333. The molecule has 0 saturated carbocycles. The molecule has 7 heteroatoms. The maximum atomic E-state index is 12.0. The number of azide groups is 1. The highest BCUT2D eigenvalue weighted by molar-refractivity contribution is 6.21. The van der Waals surface area contributed by atoms with E-state index >= 15 is 0 Å². The fourth-order valence-electron chi connectivity index (χ4n) is 1.85. The lowest BCUT2D eigenvalue weighted by Crippen LogP contribution is -2.33. The summed E-state index contributed by atoms with van der Waals surface area (Å²) >= 11 is 0. The van der Waals surface area contributed by atoms with Crippen molar-refractivity contribution in [3.05, 3.63) is 45.8 Å². The third kappa shape index (κ3) is 2.73. The van der Waals surface area contributed by atoms with Crippen LogP contribution in [0.4, 0.5) is 0 Å². The number of carbonyl (C=O) groups excluding carboxylic acids is 2. The first kappa shape index (κ1) is 13.1. The SMILES string of the molecule is [N-]=[N+]=NCCOCCN1C(=O)c2ccccc2C1=O. The Labute approximate surface area is 109 Å². The van der Waals surface area contributed by atoms with E-state index in [9.17, 15) is 9.59 Å². The number of fused-ring (bicyclic) bond motifs is 1. The van der Waals surface area contributed by atoms with E-state index in [0.29, 0.717) is 11.1 Å². The van der Waals surface area contributed by atoms with E-state index in [1.54, 1.807) is 24.3 Å². The van der Waals surface area contributed by atoms with E-state index in [1.807, 2.05) is 0 Å². The van der Waals surface area contributed by atoms with Gasteiger partial charge in [-0.25, -0.2) is 0 Å². The van der Waals surface area contributed by atoms with Gasteiger partial charge in [0.2, 0.25) is 0 Å². The lowest BCUT2D eigenvalue weighted by atomic mass is 10.1. The molecule has 2 amide bonds. The molecule has 0 bridgehead atoms. The minimum Gasteiger partial charge on any atom is -0.379 e. The molecule has 0 spiro atoms. The van der Waals surface area contributed by atoms with Crippen LogP contribution in [0.15, 0.2) is 29.4 Å². The van der Waals surface area contributed by atoms with Crippen molar-refractivity contribution in [2.75, 3.05) is 26.3 Å². The average molecular weight is 260 g/mol. The predicted octanol–water partition coefficient (Wildman–Crippen LogP) is 1.61. The van der Waals surface area contributed by atoms with Crippen LogP contribution in [0.2, 0.25) is 0 Å². The second-order valence-corrected chi connectivity index (χ2v) is 3.87. The summed E-state index contributed by atoms with van der Waals surface area (Å²) in [4.78, 5) is 27.7. The minimum atomic E-state index is -0.292. The summed E-state index contributed by atoms with van der Waals surface area (Å²) in [6, 6.07) is 6.73. The number of rotatable bonds is 6. The Bertz CT molecular complexity index is 517. The monoisotopic (exact) mass is 260 g/mol. The number of amides is 2. The summed E-state index contributed by atoms with van der Waals surface area (Å²) in [6.07, 6.45) is 0. The zero-order chi connectivity index (χ0) is 13.7. The molecule has 1 aliphatic heterocycles. The lowest BCUT2D eigenvalue weighted by Gasteiger charge is -2.13. The van der Waals surface area contributed by atoms with Gasteiger partial charge in [0, 0.05) is 11.5 Å². The smallest absolute Gasteiger partial charge is 0.261 e. The quantitative estimate of drug-likeness (QED) is 0.255. The number of hydrogen-bond acceptors (Lipinski definition) is 4. The van der Waals surface area contributed by atoms with Crippen LogP contribution in [0.3, 0.4) is 0 Å². The van der Waals surface area contributed by atoms with Gasteiger partial charge in [-0.3, -0.25) is 14.5 Å². The largest absolute Gasteiger partial charge is 0.379 e. The van der Waals surface area contributed by atoms with Crippen LogP contribution >= 0.6 is 0 Å². The molecule has 0 N–H and O–H groups in total. The van der Waals surface area contributed by atoms with Crippen molar-refractivity contribution in [2.24, 2.45) is 5.11 Å². The number of hydrogen-bond donors (Lipinski definition) is 0. The Morgan fingerprint density at radius 1 is 1.16 bits per heavy atom. The van der Waals surface area contributed by atoms with Gasteiger partial charge in [0.05, 0.1) is 30.9 Å². The second kappa shape index (κ2) is 5.99. The van der Waals surface area contributed by atoms with E-state index in [1.165, 1.54) is 0 Å². The van der Waals surface area contributed by atoms with Crippen molar-refractivity contribution in [3.8, 4) is 0 Å². The molecule has 1 heterocycles. The van der Waals surface area contributed by atoms with Crippen molar-refractivity contribution in [3.63, 3.8) is 0 Å². The number of carbonyl (C=O) groups is 2. The number of nitrogens with zero attached hydrogens (tertiary/aromatic N) is 4. The normalized spacial score (nSPS) is 13.4. The first-order valence-corrected chi connectivity index (χ1v) is 5.79. The van der Waals surface area contributed by atoms with Crippen molar-refractivity contribution in [1.29, 1.82) is 0 Å². The highest BCUT2D eigenvalue weighted by Gasteiger charge is 2.34. The summed E-state index contributed by atoms with van der Waals surface area (Å²) in [5.74, 6) is -0.585. The van der Waals surface area contributed by atoms with Crippen LogP contribution in [0.1, 0.15) is 20.7 Å². The summed E-state index contributed by atoms with van der Waals surface area (Å²) in [7, 11) is 0. The van der Waals surface area contributed by atoms with Crippen LogP contribution in [-0.4, -0.2) is 43.0 Å². The molecular weight excluding hydrogens is 248 g/mol. The van der Waals surface area contributed by atoms with E-state index in [2.05, 4.69) is 10.0 Å². The van der Waals surface area contributed by atoms with Crippen LogP contribution < -0.4 is 0 Å². The van der Waals surface area contributed by atoms with Crippen LogP contribution in [0.25, 0.3) is 10.4 Å². The van der Waals surface area contributed by atoms with Crippen LogP contribution in [0, 0.1) is 0 Å². The molecule has 98 valence electrons. The maximum absolute atomic E-state index is 12.0. The zero-order valence-electron chi connectivity index (χ0n) is 10.2. The van der Waals surface area contributed by atoms with Crippen LogP contribution in [-0.2, 0) is 4.74 Å². The molecule has 0 saturated heterocycles. The number of imide groups is 1. The summed E-state index contributed by atoms with van der Waals surface area (Å²) in [6.45, 7) is 0.931. The summed E-state index contributed by atoms with van der Waals surface area (Å²) in [5.41, 5.74) is 8.93. The summed E-state index contributed by atoms with van der Waals surface area (Å²) in [5, 5.41) is 3.31. The highest BCUT2D eigenvalue weighted by Crippen LogP contribution is 2.21. The highest BCUT2D eigenvalue weighted by atomic mass is 16.5. The van der Waals surface area contributed by atoms with Gasteiger partial charge < -0.3 is 4.74 Å². The van der Waals surface area contributed by atoms with Gasteiger partial charge in [-0.15, -0.1) is 0 Å². The molecule has 2 rings (SSSR count). The molecular formula is C12H12N4O3. The van der Waals surface area contributed by atoms with Gasteiger partial charge in [0.1, 0.15) is 0 Å². The molecule has 0 fully saturated rings. The van der Waals surface area contributed by atoms with Gasteiger partial charge in [-0.2, -0.15) is 0 Å². The second-order valence-electron chi connectivity index (χ2n) is 3.87. The van der Waals surface area contributed by atoms with Gasteiger partial charge in [-0.1, -0.05) is 17.2 Å². The topological polar surface area (TPSA) is 95.4 Å². The molecule has 7 nitrogen and oxygen atoms in total. The molecule has 0 aromatic heterocycles. The van der Waals surface area contributed by atoms with Crippen LogP contribution in [0.5, 0.6) is 0 Å². The third-order valence-electron chi connectivity index (χ3n) is 2.74. The van der Waals surface area contributed by atoms with Gasteiger partial charge in [0.25, 0.3) is 11.8 Å². The number of benzene rings is 1. The minimum absolute atomic E-state index is 0.197. The Hall–Kier alpha value is -2.37. The fourth-order valence-corrected chi connectivity index (χ4v) is 1.85. The Morgan fingerprint density at radius 2 is 1.79 bits per heavy atom.